The lowest BCUT2D eigenvalue weighted by Crippen LogP contribution is -2.37. The zero-order valence-corrected chi connectivity index (χ0v) is 18.7. The van der Waals surface area contributed by atoms with Crippen molar-refractivity contribution in [2.24, 2.45) is 11.8 Å². The Morgan fingerprint density at radius 1 is 0.944 bits per heavy atom. The van der Waals surface area contributed by atoms with Crippen LogP contribution in [0.1, 0.15) is 41.0 Å². The van der Waals surface area contributed by atoms with Crippen LogP contribution in [0.25, 0.3) is 5.76 Å². The van der Waals surface area contributed by atoms with Gasteiger partial charge in [0, 0.05) is 24.6 Å². The Hall–Kier alpha value is -3.24. The lowest BCUT2D eigenvalue weighted by molar-refractivity contribution is -0.143. The molecule has 0 aromatic heterocycles. The molecule has 4 atom stereocenters. The van der Waals surface area contributed by atoms with Gasteiger partial charge in [-0.1, -0.05) is 18.7 Å². The molecule has 1 unspecified atom stereocenters. The summed E-state index contributed by atoms with van der Waals surface area (Å²) >= 11 is 0. The number of carboxylic acid groups (broad SMARTS) is 1. The van der Waals surface area contributed by atoms with E-state index in [4.69, 9.17) is 4.74 Å². The molecule has 2 fully saturated rings. The van der Waals surface area contributed by atoms with Gasteiger partial charge >= 0.3 is 18.4 Å². The summed E-state index contributed by atoms with van der Waals surface area (Å²) in [5.41, 5.74) is -2.79. The van der Waals surface area contributed by atoms with Crippen LogP contribution in [-0.4, -0.2) is 35.3 Å². The molecule has 36 heavy (non-hydrogen) atoms. The SMILES string of the molecule is C=C(OC1CC[C@@H]2CN(C(=O)O)C[C@@H]2[C@H]1c1ccc(F)cc1)c1cc(C(F)(F)F)cc(C(F)(F)F)c1. The number of hydrogen-bond acceptors (Lipinski definition) is 2. The summed E-state index contributed by atoms with van der Waals surface area (Å²) in [6.45, 7) is 4.09. The molecule has 4 nitrogen and oxygen atoms in total. The van der Waals surface area contributed by atoms with Gasteiger partial charge in [-0.15, -0.1) is 0 Å². The summed E-state index contributed by atoms with van der Waals surface area (Å²) in [6.07, 6.45) is -10.9. The summed E-state index contributed by atoms with van der Waals surface area (Å²) in [6, 6.07) is 6.65. The topological polar surface area (TPSA) is 49.8 Å². The van der Waals surface area contributed by atoms with Crippen LogP contribution in [0.5, 0.6) is 0 Å². The van der Waals surface area contributed by atoms with Crippen molar-refractivity contribution in [1.29, 1.82) is 0 Å². The third kappa shape index (κ3) is 5.29. The molecule has 1 aliphatic heterocycles. The van der Waals surface area contributed by atoms with E-state index in [-0.39, 0.29) is 30.2 Å². The second kappa shape index (κ2) is 9.33. The molecule has 0 bridgehead atoms. The Balaban J connectivity index is 1.67. The van der Waals surface area contributed by atoms with E-state index in [1.165, 1.54) is 29.2 Å². The number of amides is 1. The van der Waals surface area contributed by atoms with Crippen molar-refractivity contribution in [2.75, 3.05) is 13.1 Å². The molecule has 1 amide bonds. The van der Waals surface area contributed by atoms with Gasteiger partial charge in [-0.2, -0.15) is 26.3 Å². The van der Waals surface area contributed by atoms with Gasteiger partial charge in [0.25, 0.3) is 0 Å². The molecular weight excluding hydrogens is 495 g/mol. The first-order valence-corrected chi connectivity index (χ1v) is 11.1. The number of ether oxygens (including phenoxy) is 1. The molecule has 1 saturated carbocycles. The second-order valence-electron chi connectivity index (χ2n) is 9.14. The van der Waals surface area contributed by atoms with Crippen LogP contribution < -0.4 is 0 Å². The summed E-state index contributed by atoms with van der Waals surface area (Å²) in [5.74, 6) is -1.58. The van der Waals surface area contributed by atoms with Crippen LogP contribution in [0.2, 0.25) is 0 Å². The molecule has 194 valence electrons. The van der Waals surface area contributed by atoms with E-state index in [9.17, 15) is 40.6 Å². The van der Waals surface area contributed by atoms with Crippen molar-refractivity contribution in [3.63, 3.8) is 0 Å². The molecule has 4 rings (SSSR count). The smallest absolute Gasteiger partial charge is 0.416 e. The molecule has 1 N–H and O–H groups in total. The third-order valence-corrected chi connectivity index (χ3v) is 6.90. The number of halogens is 7. The highest BCUT2D eigenvalue weighted by Crippen LogP contribution is 2.48. The lowest BCUT2D eigenvalue weighted by atomic mass is 9.69. The van der Waals surface area contributed by atoms with Crippen molar-refractivity contribution in [3.05, 3.63) is 77.1 Å². The Labute approximate surface area is 202 Å². The number of carbonyl (C=O) groups is 1. The van der Waals surface area contributed by atoms with Crippen molar-refractivity contribution < 1.29 is 45.4 Å². The maximum Gasteiger partial charge on any atom is 0.416 e. The molecular formula is C25H22F7NO3. The number of fused-ring (bicyclic) bond motifs is 1. The molecule has 11 heteroatoms. The van der Waals surface area contributed by atoms with E-state index in [0.717, 1.165) is 0 Å². The van der Waals surface area contributed by atoms with Gasteiger partial charge in [0.2, 0.25) is 0 Å². The van der Waals surface area contributed by atoms with E-state index in [1.807, 2.05) is 0 Å². The number of nitrogens with zero attached hydrogens (tertiary/aromatic N) is 1. The van der Waals surface area contributed by atoms with E-state index in [0.29, 0.717) is 37.1 Å². The minimum absolute atomic E-state index is 0.0188. The quantitative estimate of drug-likeness (QED) is 0.350. The van der Waals surface area contributed by atoms with Crippen molar-refractivity contribution >= 4 is 11.9 Å². The average Bonchev–Trinajstić information content (AvgIpc) is 3.23. The zero-order valence-electron chi connectivity index (χ0n) is 18.7. The lowest BCUT2D eigenvalue weighted by Gasteiger charge is -2.40. The Morgan fingerprint density at radius 3 is 2.06 bits per heavy atom. The molecule has 2 aromatic rings. The van der Waals surface area contributed by atoms with E-state index >= 15 is 0 Å². The van der Waals surface area contributed by atoms with Gasteiger partial charge in [-0.3, -0.25) is 0 Å². The number of benzene rings is 2. The highest BCUT2D eigenvalue weighted by Gasteiger charge is 2.47. The maximum atomic E-state index is 13.6. The monoisotopic (exact) mass is 517 g/mol. The van der Waals surface area contributed by atoms with Gasteiger partial charge < -0.3 is 14.7 Å². The summed E-state index contributed by atoms with van der Waals surface area (Å²) in [7, 11) is 0. The van der Waals surface area contributed by atoms with Crippen LogP contribution in [0, 0.1) is 17.7 Å². The number of rotatable bonds is 4. The van der Waals surface area contributed by atoms with Crippen molar-refractivity contribution in [1.82, 2.24) is 4.90 Å². The minimum atomic E-state index is -5.02. The molecule has 1 aliphatic carbocycles. The van der Waals surface area contributed by atoms with Crippen LogP contribution >= 0.6 is 0 Å². The van der Waals surface area contributed by atoms with E-state index in [2.05, 4.69) is 6.58 Å². The third-order valence-electron chi connectivity index (χ3n) is 6.90. The Kier molecular flexibility index (Phi) is 6.70. The highest BCUT2D eigenvalue weighted by atomic mass is 19.4. The fourth-order valence-corrected chi connectivity index (χ4v) is 5.24. The molecule has 0 radical (unpaired) electrons. The van der Waals surface area contributed by atoms with Gasteiger partial charge in [-0.05, 0) is 60.6 Å². The fourth-order valence-electron chi connectivity index (χ4n) is 5.24. The first-order chi connectivity index (χ1) is 16.7. The molecule has 2 aliphatic rings. The maximum absolute atomic E-state index is 13.6. The fraction of sp³-hybridized carbons (Fsp3) is 0.400. The van der Waals surface area contributed by atoms with Gasteiger partial charge in [0.15, 0.2) is 0 Å². The van der Waals surface area contributed by atoms with Crippen molar-refractivity contribution in [2.45, 2.75) is 37.2 Å². The number of likely N-dealkylation sites (tertiary alicyclic amines) is 1. The number of hydrogen-bond donors (Lipinski definition) is 1. The standard InChI is InChI=1S/C25H22F7NO3/c1-13(16-8-17(24(27,28)29)10-18(9-16)25(30,31)32)36-21-7-4-15-11-33(23(34)35)12-20(15)22(21)14-2-5-19(26)6-3-14/h2-3,5-6,8-10,15,20-22H,1,4,7,11-12H2,(H,34,35)/t15-,20+,21?,22-/m1/s1. The Bertz CT molecular complexity index is 1110. The molecule has 0 spiro atoms. The first-order valence-electron chi connectivity index (χ1n) is 11.1. The second-order valence-corrected chi connectivity index (χ2v) is 9.14. The van der Waals surface area contributed by atoms with Crippen LogP contribution in [0.3, 0.4) is 0 Å². The average molecular weight is 517 g/mol. The zero-order chi connectivity index (χ0) is 26.4. The largest absolute Gasteiger partial charge is 0.490 e. The van der Waals surface area contributed by atoms with Gasteiger partial charge in [0.05, 0.1) is 11.1 Å². The summed E-state index contributed by atoms with van der Waals surface area (Å²) in [4.78, 5) is 12.8. The van der Waals surface area contributed by atoms with Crippen LogP contribution in [0.4, 0.5) is 35.5 Å². The first kappa shape index (κ1) is 25.8. The predicted octanol–water partition coefficient (Wildman–Crippen LogP) is 7.02. The molecule has 1 saturated heterocycles. The predicted molar refractivity (Wildman–Crippen MR) is 115 cm³/mol. The van der Waals surface area contributed by atoms with E-state index < -0.39 is 53.0 Å². The van der Waals surface area contributed by atoms with Crippen LogP contribution in [-0.2, 0) is 17.1 Å². The normalized spacial score (nSPS) is 24.4. The highest BCUT2D eigenvalue weighted by molar-refractivity contribution is 5.65. The molecule has 1 heterocycles. The summed E-state index contributed by atoms with van der Waals surface area (Å²) in [5, 5.41) is 9.44. The van der Waals surface area contributed by atoms with E-state index in [1.54, 1.807) is 0 Å². The van der Waals surface area contributed by atoms with Crippen molar-refractivity contribution in [3.8, 4) is 0 Å². The van der Waals surface area contributed by atoms with Crippen LogP contribution in [0.15, 0.2) is 49.0 Å². The van der Waals surface area contributed by atoms with Gasteiger partial charge in [-0.25, -0.2) is 9.18 Å². The summed E-state index contributed by atoms with van der Waals surface area (Å²) < 4.78 is 99.3. The molecule has 2 aromatic carbocycles. The minimum Gasteiger partial charge on any atom is -0.490 e. The Morgan fingerprint density at radius 2 is 1.53 bits per heavy atom. The van der Waals surface area contributed by atoms with Gasteiger partial charge in [0.1, 0.15) is 17.7 Å². The number of alkyl halides is 6.